The summed E-state index contributed by atoms with van der Waals surface area (Å²) < 4.78 is 7.40. The molecule has 4 nitrogen and oxygen atoms in total. The fraction of sp³-hybridized carbons (Fsp3) is 0.286. The summed E-state index contributed by atoms with van der Waals surface area (Å²) >= 11 is 5.87. The van der Waals surface area contributed by atoms with E-state index in [1.807, 2.05) is 13.2 Å². The number of ketones is 1. The van der Waals surface area contributed by atoms with E-state index in [0.29, 0.717) is 22.9 Å². The molecule has 0 aliphatic rings. The first-order chi connectivity index (χ1) is 9.06. The van der Waals surface area contributed by atoms with Crippen LogP contribution in [0.4, 0.5) is 0 Å². The second-order valence-electron chi connectivity index (χ2n) is 4.32. The first kappa shape index (κ1) is 13.6. The number of nitrogens with zero attached hydrogens (tertiary/aromatic N) is 2. The molecule has 0 saturated heterocycles. The van der Waals surface area contributed by atoms with Gasteiger partial charge in [-0.05, 0) is 30.7 Å². The number of hydrogen-bond acceptors (Lipinski definition) is 3. The van der Waals surface area contributed by atoms with Gasteiger partial charge in [0, 0.05) is 24.7 Å². The Balaban J connectivity index is 2.01. The molecule has 0 aliphatic carbocycles. The summed E-state index contributed by atoms with van der Waals surface area (Å²) in [5.74, 6) is 0.514. The number of halogens is 1. The van der Waals surface area contributed by atoms with E-state index in [-0.39, 0.29) is 5.78 Å². The lowest BCUT2D eigenvalue weighted by Gasteiger charge is -2.09. The Labute approximate surface area is 116 Å². The van der Waals surface area contributed by atoms with E-state index in [0.717, 1.165) is 12.0 Å². The van der Waals surface area contributed by atoms with Crippen LogP contribution in [-0.4, -0.2) is 22.2 Å². The maximum Gasteiger partial charge on any atom is 0.163 e. The molecule has 0 spiro atoms. The van der Waals surface area contributed by atoms with Gasteiger partial charge in [-0.25, -0.2) is 0 Å². The van der Waals surface area contributed by atoms with Gasteiger partial charge in [-0.2, -0.15) is 5.10 Å². The molecule has 2 rings (SSSR count). The Morgan fingerprint density at radius 3 is 2.89 bits per heavy atom. The van der Waals surface area contributed by atoms with Crippen LogP contribution in [0.3, 0.4) is 0 Å². The SMILES string of the molecule is CC(=O)c1cc(Cl)ccc1OCCc1cnn(C)c1. The molecule has 100 valence electrons. The van der Waals surface area contributed by atoms with Crippen LogP contribution in [0.25, 0.3) is 0 Å². The van der Waals surface area contributed by atoms with E-state index in [4.69, 9.17) is 16.3 Å². The Bertz CT molecular complexity index is 593. The van der Waals surface area contributed by atoms with Gasteiger partial charge in [0.1, 0.15) is 5.75 Å². The molecule has 2 aromatic rings. The average Bonchev–Trinajstić information content (AvgIpc) is 2.77. The van der Waals surface area contributed by atoms with Crippen LogP contribution in [0.15, 0.2) is 30.6 Å². The molecule has 1 heterocycles. The molecule has 0 unspecified atom stereocenters. The second kappa shape index (κ2) is 5.89. The van der Waals surface area contributed by atoms with Gasteiger partial charge in [0.2, 0.25) is 0 Å². The number of aryl methyl sites for hydroxylation is 1. The third-order valence-corrected chi connectivity index (χ3v) is 2.96. The van der Waals surface area contributed by atoms with Crippen LogP contribution in [0.1, 0.15) is 22.8 Å². The van der Waals surface area contributed by atoms with Crippen LogP contribution in [-0.2, 0) is 13.5 Å². The third kappa shape index (κ3) is 3.58. The molecule has 0 bridgehead atoms. The molecule has 0 radical (unpaired) electrons. The number of hydrogen-bond donors (Lipinski definition) is 0. The average molecular weight is 279 g/mol. The summed E-state index contributed by atoms with van der Waals surface area (Å²) in [5.41, 5.74) is 1.61. The van der Waals surface area contributed by atoms with Crippen molar-refractivity contribution in [1.82, 2.24) is 9.78 Å². The van der Waals surface area contributed by atoms with Crippen molar-refractivity contribution in [1.29, 1.82) is 0 Å². The maximum atomic E-state index is 11.5. The molecule has 19 heavy (non-hydrogen) atoms. The summed E-state index contributed by atoms with van der Waals surface area (Å²) in [6.07, 6.45) is 4.49. The van der Waals surface area contributed by atoms with Crippen molar-refractivity contribution >= 4 is 17.4 Å². The lowest BCUT2D eigenvalue weighted by atomic mass is 10.1. The number of benzene rings is 1. The standard InChI is InChI=1S/C14H15ClN2O2/c1-10(18)13-7-12(15)3-4-14(13)19-6-5-11-8-16-17(2)9-11/h3-4,7-9H,5-6H2,1-2H3. The summed E-state index contributed by atoms with van der Waals surface area (Å²) in [7, 11) is 1.87. The monoisotopic (exact) mass is 278 g/mol. The number of carbonyl (C=O) groups is 1. The van der Waals surface area contributed by atoms with E-state index >= 15 is 0 Å². The molecule has 0 saturated carbocycles. The molecular formula is C14H15ClN2O2. The smallest absolute Gasteiger partial charge is 0.163 e. The van der Waals surface area contributed by atoms with Gasteiger partial charge in [0.25, 0.3) is 0 Å². The Hall–Kier alpha value is -1.81. The fourth-order valence-corrected chi connectivity index (χ4v) is 1.96. The third-order valence-electron chi connectivity index (χ3n) is 2.73. The molecule has 0 atom stereocenters. The highest BCUT2D eigenvalue weighted by atomic mass is 35.5. The largest absolute Gasteiger partial charge is 0.492 e. The zero-order chi connectivity index (χ0) is 13.8. The minimum absolute atomic E-state index is 0.0566. The molecule has 1 aromatic carbocycles. The van der Waals surface area contributed by atoms with Crippen LogP contribution in [0, 0.1) is 0 Å². The summed E-state index contributed by atoms with van der Waals surface area (Å²) in [5, 5.41) is 4.62. The molecule has 0 aliphatic heterocycles. The van der Waals surface area contributed by atoms with E-state index in [1.54, 1.807) is 29.1 Å². The van der Waals surface area contributed by atoms with Gasteiger partial charge in [0.05, 0.1) is 18.4 Å². The number of aromatic nitrogens is 2. The highest BCUT2D eigenvalue weighted by Crippen LogP contribution is 2.23. The van der Waals surface area contributed by atoms with Gasteiger partial charge in [-0.3, -0.25) is 9.48 Å². The maximum absolute atomic E-state index is 11.5. The number of carbonyl (C=O) groups excluding carboxylic acids is 1. The van der Waals surface area contributed by atoms with Gasteiger partial charge in [0.15, 0.2) is 5.78 Å². The van der Waals surface area contributed by atoms with Crippen LogP contribution in [0.2, 0.25) is 5.02 Å². The lowest BCUT2D eigenvalue weighted by Crippen LogP contribution is -2.05. The molecule has 5 heteroatoms. The quantitative estimate of drug-likeness (QED) is 0.790. The molecule has 1 aromatic heterocycles. The zero-order valence-corrected chi connectivity index (χ0v) is 11.6. The van der Waals surface area contributed by atoms with E-state index in [9.17, 15) is 4.79 Å². The van der Waals surface area contributed by atoms with Crippen molar-refractivity contribution < 1.29 is 9.53 Å². The van der Waals surface area contributed by atoms with Gasteiger partial charge in [-0.1, -0.05) is 11.6 Å². The molecule has 0 fully saturated rings. The normalized spacial score (nSPS) is 10.5. The van der Waals surface area contributed by atoms with Gasteiger partial charge < -0.3 is 4.74 Å². The zero-order valence-electron chi connectivity index (χ0n) is 10.9. The number of rotatable bonds is 5. The second-order valence-corrected chi connectivity index (χ2v) is 4.75. The van der Waals surface area contributed by atoms with Crippen molar-refractivity contribution in [2.24, 2.45) is 7.05 Å². The van der Waals surface area contributed by atoms with Crippen molar-refractivity contribution in [3.05, 3.63) is 46.7 Å². The van der Waals surface area contributed by atoms with Crippen LogP contribution in [0.5, 0.6) is 5.75 Å². The molecular weight excluding hydrogens is 264 g/mol. The van der Waals surface area contributed by atoms with Crippen molar-refractivity contribution in [3.8, 4) is 5.75 Å². The highest BCUT2D eigenvalue weighted by molar-refractivity contribution is 6.31. The minimum atomic E-state index is -0.0566. The predicted octanol–water partition coefficient (Wildman–Crippen LogP) is 2.90. The molecule has 0 N–H and O–H groups in total. The van der Waals surface area contributed by atoms with Crippen molar-refractivity contribution in [3.63, 3.8) is 0 Å². The Morgan fingerprint density at radius 1 is 1.47 bits per heavy atom. The molecule has 0 amide bonds. The first-order valence-corrected chi connectivity index (χ1v) is 6.35. The lowest BCUT2D eigenvalue weighted by molar-refractivity contribution is 0.101. The summed E-state index contributed by atoms with van der Waals surface area (Å²) in [4.78, 5) is 11.5. The number of ether oxygens (including phenoxy) is 1. The highest BCUT2D eigenvalue weighted by Gasteiger charge is 2.09. The minimum Gasteiger partial charge on any atom is -0.492 e. The predicted molar refractivity (Wildman–Crippen MR) is 73.9 cm³/mol. The Morgan fingerprint density at radius 2 is 2.26 bits per heavy atom. The van der Waals surface area contributed by atoms with E-state index in [2.05, 4.69) is 5.10 Å². The van der Waals surface area contributed by atoms with Crippen molar-refractivity contribution in [2.75, 3.05) is 6.61 Å². The van der Waals surface area contributed by atoms with Crippen LogP contribution < -0.4 is 4.74 Å². The van der Waals surface area contributed by atoms with E-state index < -0.39 is 0 Å². The fourth-order valence-electron chi connectivity index (χ4n) is 1.78. The van der Waals surface area contributed by atoms with Crippen LogP contribution >= 0.6 is 11.6 Å². The van der Waals surface area contributed by atoms with Gasteiger partial charge in [-0.15, -0.1) is 0 Å². The number of Topliss-reactive ketones (excluding diaryl/α,β-unsaturated/α-hetero) is 1. The first-order valence-electron chi connectivity index (χ1n) is 5.97. The summed E-state index contributed by atoms with van der Waals surface area (Å²) in [6.45, 7) is 1.99. The topological polar surface area (TPSA) is 44.1 Å². The van der Waals surface area contributed by atoms with E-state index in [1.165, 1.54) is 6.92 Å². The Kier molecular flexibility index (Phi) is 4.22. The van der Waals surface area contributed by atoms with Gasteiger partial charge >= 0.3 is 0 Å². The summed E-state index contributed by atoms with van der Waals surface area (Å²) in [6, 6.07) is 5.07. The van der Waals surface area contributed by atoms with Crippen molar-refractivity contribution in [2.45, 2.75) is 13.3 Å².